The van der Waals surface area contributed by atoms with Crippen molar-refractivity contribution >= 4 is 11.6 Å². The number of nitrogens with one attached hydrogen (secondary N) is 1. The normalized spacial score (nSPS) is 17.2. The lowest BCUT2D eigenvalue weighted by atomic mass is 9.89. The van der Waals surface area contributed by atoms with E-state index in [1.165, 1.54) is 11.3 Å². The first-order chi connectivity index (χ1) is 13.8. The topological polar surface area (TPSA) is 63.3 Å². The lowest BCUT2D eigenvalue weighted by molar-refractivity contribution is 0.173. The Bertz CT molecular complexity index is 968. The van der Waals surface area contributed by atoms with Crippen molar-refractivity contribution in [1.82, 2.24) is 20.1 Å². The van der Waals surface area contributed by atoms with Crippen LogP contribution < -0.4 is 9.47 Å². The number of nitrogens with zero attached hydrogens (tertiary/aromatic N) is 3. The Hall–Kier alpha value is -2.57. The molecule has 0 spiro atoms. The first-order valence-electron chi connectivity index (χ1n) is 9.52. The highest BCUT2D eigenvalue weighted by atomic mass is 35.5. The van der Waals surface area contributed by atoms with Crippen molar-refractivity contribution in [2.75, 3.05) is 19.9 Å². The van der Waals surface area contributed by atoms with E-state index in [1.54, 1.807) is 0 Å². The van der Waals surface area contributed by atoms with Crippen LogP contribution in [0.5, 0.6) is 11.5 Å². The van der Waals surface area contributed by atoms with E-state index in [1.807, 2.05) is 42.9 Å². The van der Waals surface area contributed by atoms with E-state index in [4.69, 9.17) is 21.1 Å². The molecule has 2 aromatic heterocycles. The molecular weight excluding hydrogens is 376 g/mol. The van der Waals surface area contributed by atoms with Crippen molar-refractivity contribution in [2.24, 2.45) is 0 Å². The quantitative estimate of drug-likeness (QED) is 0.714. The molecule has 0 aliphatic carbocycles. The zero-order valence-electron chi connectivity index (χ0n) is 15.4. The predicted molar refractivity (Wildman–Crippen MR) is 107 cm³/mol. The molecule has 0 atom stereocenters. The van der Waals surface area contributed by atoms with Crippen LogP contribution in [0.2, 0.25) is 5.02 Å². The van der Waals surface area contributed by atoms with Crippen molar-refractivity contribution in [3.63, 3.8) is 0 Å². The summed E-state index contributed by atoms with van der Waals surface area (Å²) < 4.78 is 10.9. The van der Waals surface area contributed by atoms with Crippen molar-refractivity contribution in [2.45, 2.75) is 25.3 Å². The molecule has 3 aromatic rings. The van der Waals surface area contributed by atoms with Gasteiger partial charge in [-0.2, -0.15) is 5.10 Å². The number of piperidine rings is 1. The number of halogens is 1. The molecule has 144 valence electrons. The van der Waals surface area contributed by atoms with E-state index in [9.17, 15) is 0 Å². The average Bonchev–Trinajstić information content (AvgIpc) is 3.39. The number of fused-ring (bicyclic) bond motifs is 1. The number of hydrogen-bond acceptors (Lipinski definition) is 5. The molecule has 5 rings (SSSR count). The van der Waals surface area contributed by atoms with E-state index in [2.05, 4.69) is 20.1 Å². The molecule has 7 heteroatoms. The molecule has 0 radical (unpaired) electrons. The van der Waals surface area contributed by atoms with Gasteiger partial charge >= 0.3 is 0 Å². The molecule has 0 bridgehead atoms. The minimum absolute atomic E-state index is 0.268. The van der Waals surface area contributed by atoms with Crippen molar-refractivity contribution < 1.29 is 9.47 Å². The number of benzene rings is 1. The maximum absolute atomic E-state index is 6.45. The molecule has 0 amide bonds. The second-order valence-corrected chi connectivity index (χ2v) is 7.69. The lowest BCUT2D eigenvalue weighted by Crippen LogP contribution is -2.32. The Morgan fingerprint density at radius 2 is 1.86 bits per heavy atom. The van der Waals surface area contributed by atoms with E-state index in [0.717, 1.165) is 60.1 Å². The first kappa shape index (κ1) is 17.5. The number of likely N-dealkylation sites (tertiary alicyclic amines) is 1. The van der Waals surface area contributed by atoms with Gasteiger partial charge in [0.15, 0.2) is 11.5 Å². The number of aromatic amines is 1. The first-order valence-corrected chi connectivity index (χ1v) is 9.90. The third kappa shape index (κ3) is 3.34. The largest absolute Gasteiger partial charge is 0.454 e. The standard InChI is InChI=1S/C21H21ClN4O2/c22-18-10-20-19(27-13-28-20)9-16(18)12-26-7-3-15(4-8-26)21-17(11-24-25-21)14-1-5-23-6-2-14/h1-2,5-6,9-11,15H,3-4,7-8,12-13H2,(H,24,25). The van der Waals surface area contributed by atoms with Gasteiger partial charge in [-0.15, -0.1) is 0 Å². The molecule has 28 heavy (non-hydrogen) atoms. The Kier molecular flexibility index (Phi) is 4.66. The van der Waals surface area contributed by atoms with Gasteiger partial charge < -0.3 is 9.47 Å². The van der Waals surface area contributed by atoms with Crippen LogP contribution in [0.3, 0.4) is 0 Å². The van der Waals surface area contributed by atoms with E-state index >= 15 is 0 Å². The van der Waals surface area contributed by atoms with Crippen molar-refractivity contribution in [3.05, 3.63) is 59.1 Å². The fourth-order valence-corrected chi connectivity index (χ4v) is 4.28. The third-order valence-electron chi connectivity index (χ3n) is 5.59. The van der Waals surface area contributed by atoms with Gasteiger partial charge in [0.05, 0.1) is 6.20 Å². The summed E-state index contributed by atoms with van der Waals surface area (Å²) in [6.45, 7) is 3.13. The van der Waals surface area contributed by atoms with Gasteiger partial charge in [-0.25, -0.2) is 0 Å². The van der Waals surface area contributed by atoms with Crippen LogP contribution in [0, 0.1) is 0 Å². The van der Waals surface area contributed by atoms with Crippen LogP contribution in [0.4, 0.5) is 0 Å². The molecule has 6 nitrogen and oxygen atoms in total. The number of aromatic nitrogens is 3. The van der Waals surface area contributed by atoms with Gasteiger partial charge in [-0.1, -0.05) is 11.6 Å². The molecule has 0 unspecified atom stereocenters. The molecule has 1 fully saturated rings. The van der Waals surface area contributed by atoms with Crippen LogP contribution in [0.25, 0.3) is 11.1 Å². The maximum atomic E-state index is 6.45. The van der Waals surface area contributed by atoms with Gasteiger partial charge in [0.2, 0.25) is 6.79 Å². The minimum atomic E-state index is 0.268. The maximum Gasteiger partial charge on any atom is 0.231 e. The fourth-order valence-electron chi connectivity index (χ4n) is 4.07. The second kappa shape index (κ2) is 7.45. The van der Waals surface area contributed by atoms with Crippen molar-refractivity contribution in [1.29, 1.82) is 0 Å². The summed E-state index contributed by atoms with van der Waals surface area (Å²) in [4.78, 5) is 6.56. The number of hydrogen-bond donors (Lipinski definition) is 1. The van der Waals surface area contributed by atoms with Gasteiger partial charge in [0.1, 0.15) is 0 Å². The smallest absolute Gasteiger partial charge is 0.231 e. The summed E-state index contributed by atoms with van der Waals surface area (Å²) in [5, 5.41) is 8.27. The number of pyridine rings is 1. The van der Waals surface area contributed by atoms with Gasteiger partial charge in [0.25, 0.3) is 0 Å². The Labute approximate surface area is 168 Å². The van der Waals surface area contributed by atoms with E-state index < -0.39 is 0 Å². The monoisotopic (exact) mass is 396 g/mol. The highest BCUT2D eigenvalue weighted by Gasteiger charge is 2.25. The van der Waals surface area contributed by atoms with Crippen LogP contribution >= 0.6 is 11.6 Å². The summed E-state index contributed by atoms with van der Waals surface area (Å²) in [6.07, 6.45) is 7.74. The van der Waals surface area contributed by atoms with Crippen LogP contribution in [0.1, 0.15) is 30.0 Å². The Morgan fingerprint density at radius 3 is 2.64 bits per heavy atom. The molecular formula is C21H21ClN4O2. The second-order valence-electron chi connectivity index (χ2n) is 7.28. The number of ether oxygens (including phenoxy) is 2. The Morgan fingerprint density at radius 1 is 1.11 bits per heavy atom. The molecule has 1 aromatic carbocycles. The van der Waals surface area contributed by atoms with E-state index in [0.29, 0.717) is 5.92 Å². The predicted octanol–water partition coefficient (Wildman–Crippen LogP) is 4.23. The summed E-state index contributed by atoms with van der Waals surface area (Å²) in [7, 11) is 0. The molecule has 2 aliphatic rings. The highest BCUT2D eigenvalue weighted by molar-refractivity contribution is 6.31. The number of H-pyrrole nitrogens is 1. The molecule has 2 aliphatic heterocycles. The van der Waals surface area contributed by atoms with Gasteiger partial charge in [0, 0.05) is 47.2 Å². The molecule has 0 saturated carbocycles. The zero-order valence-corrected chi connectivity index (χ0v) is 16.2. The zero-order chi connectivity index (χ0) is 18.9. The van der Waals surface area contributed by atoms with Gasteiger partial charge in [-0.3, -0.25) is 15.0 Å². The van der Waals surface area contributed by atoms with Crippen LogP contribution in [-0.4, -0.2) is 40.0 Å². The summed E-state index contributed by atoms with van der Waals surface area (Å²) >= 11 is 6.45. The number of rotatable bonds is 4. The van der Waals surface area contributed by atoms with Gasteiger partial charge in [-0.05, 0) is 55.3 Å². The van der Waals surface area contributed by atoms with Crippen LogP contribution in [-0.2, 0) is 6.54 Å². The fraction of sp³-hybridized carbons (Fsp3) is 0.333. The SMILES string of the molecule is Clc1cc2c(cc1CN1CCC(c3[nH]ncc3-c3ccncc3)CC1)OCO2. The van der Waals surface area contributed by atoms with Crippen molar-refractivity contribution in [3.8, 4) is 22.6 Å². The summed E-state index contributed by atoms with van der Waals surface area (Å²) in [5.74, 6) is 2.00. The molecule has 1 N–H and O–H groups in total. The summed E-state index contributed by atoms with van der Waals surface area (Å²) in [5.41, 5.74) is 4.66. The van der Waals surface area contributed by atoms with Crippen LogP contribution in [0.15, 0.2) is 42.9 Å². The highest BCUT2D eigenvalue weighted by Crippen LogP contribution is 2.38. The lowest BCUT2D eigenvalue weighted by Gasteiger charge is -2.32. The average molecular weight is 397 g/mol. The minimum Gasteiger partial charge on any atom is -0.454 e. The van der Waals surface area contributed by atoms with E-state index in [-0.39, 0.29) is 6.79 Å². The molecule has 4 heterocycles. The molecule has 1 saturated heterocycles. The Balaban J connectivity index is 1.26. The summed E-state index contributed by atoms with van der Waals surface area (Å²) in [6, 6.07) is 7.93. The third-order valence-corrected chi connectivity index (χ3v) is 5.94.